The quantitative estimate of drug-likeness (QED) is 0.781. The van der Waals surface area contributed by atoms with Crippen LogP contribution >= 0.6 is 11.6 Å². The summed E-state index contributed by atoms with van der Waals surface area (Å²) in [5.41, 5.74) is 3.54. The molecule has 3 amide bonds. The molecule has 0 saturated carbocycles. The zero-order valence-electron chi connectivity index (χ0n) is 17.3. The van der Waals surface area contributed by atoms with Crippen molar-refractivity contribution in [3.05, 3.63) is 70.2 Å². The summed E-state index contributed by atoms with van der Waals surface area (Å²) in [5.74, 6) is -0.0124. The van der Waals surface area contributed by atoms with E-state index in [2.05, 4.69) is 23.5 Å². The van der Waals surface area contributed by atoms with E-state index in [4.69, 9.17) is 11.6 Å². The second-order valence-electron chi connectivity index (χ2n) is 8.27. The Morgan fingerprint density at radius 1 is 1.10 bits per heavy atom. The summed E-state index contributed by atoms with van der Waals surface area (Å²) >= 11 is 5.95. The van der Waals surface area contributed by atoms with Crippen LogP contribution in [0.5, 0.6) is 0 Å². The second kappa shape index (κ2) is 9.09. The number of hydrogen-bond acceptors (Lipinski definition) is 2. The number of halogens is 1. The van der Waals surface area contributed by atoms with E-state index in [0.29, 0.717) is 24.5 Å². The van der Waals surface area contributed by atoms with E-state index >= 15 is 0 Å². The van der Waals surface area contributed by atoms with Crippen LogP contribution in [0.25, 0.3) is 0 Å². The smallest absolute Gasteiger partial charge is 0.318 e. The Bertz CT molecular complexity index is 915. The summed E-state index contributed by atoms with van der Waals surface area (Å²) in [6, 6.07) is 15.3. The van der Waals surface area contributed by atoms with Gasteiger partial charge in [0.1, 0.15) is 6.04 Å². The molecule has 158 valence electrons. The van der Waals surface area contributed by atoms with Gasteiger partial charge in [-0.3, -0.25) is 4.79 Å². The van der Waals surface area contributed by atoms with Gasteiger partial charge in [-0.1, -0.05) is 48.0 Å². The first-order chi connectivity index (χ1) is 14.5. The highest BCUT2D eigenvalue weighted by molar-refractivity contribution is 6.30. The van der Waals surface area contributed by atoms with E-state index in [1.54, 1.807) is 16.8 Å². The molecule has 2 atom stereocenters. The Hall–Kier alpha value is -2.53. The molecule has 1 aliphatic carbocycles. The third kappa shape index (κ3) is 4.46. The number of carbonyl (C=O) groups is 2. The minimum absolute atomic E-state index is 0.0124. The first-order valence-electron chi connectivity index (χ1n) is 10.7. The number of hydrogen-bond donors (Lipinski definition) is 1. The lowest BCUT2D eigenvalue weighted by Crippen LogP contribution is -2.50. The van der Waals surface area contributed by atoms with Crippen molar-refractivity contribution < 1.29 is 9.59 Å². The molecule has 0 bridgehead atoms. The van der Waals surface area contributed by atoms with Gasteiger partial charge < -0.3 is 15.1 Å². The molecule has 6 heteroatoms. The van der Waals surface area contributed by atoms with E-state index in [-0.39, 0.29) is 18.0 Å². The Morgan fingerprint density at radius 3 is 2.67 bits per heavy atom. The first kappa shape index (κ1) is 20.7. The summed E-state index contributed by atoms with van der Waals surface area (Å²) in [5, 5.41) is 3.87. The average Bonchev–Trinajstić information content (AvgIpc) is 3.25. The van der Waals surface area contributed by atoms with E-state index in [0.717, 1.165) is 31.2 Å². The molecule has 0 aromatic heterocycles. The predicted octanol–water partition coefficient (Wildman–Crippen LogP) is 4.55. The standard InChI is InChI=1S/C24H28ClN3O2/c1-27(16-17-11-13-19(25)14-12-17)23(29)22-10-5-15-28(22)24(30)26-21-9-4-7-18-6-2-3-8-20(18)21/h2-3,6,8,11-14,21-22H,4-5,7,9-10,15-16H2,1H3,(H,26,30)/t21-,22?/m0/s1. The van der Waals surface area contributed by atoms with Gasteiger partial charge in [0.2, 0.25) is 5.91 Å². The monoisotopic (exact) mass is 425 g/mol. The highest BCUT2D eigenvalue weighted by Crippen LogP contribution is 2.30. The predicted molar refractivity (Wildman–Crippen MR) is 118 cm³/mol. The Kier molecular flexibility index (Phi) is 6.28. The van der Waals surface area contributed by atoms with Gasteiger partial charge >= 0.3 is 6.03 Å². The van der Waals surface area contributed by atoms with Gasteiger partial charge in [0.15, 0.2) is 0 Å². The minimum Gasteiger partial charge on any atom is -0.340 e. The van der Waals surface area contributed by atoms with E-state index in [9.17, 15) is 9.59 Å². The number of likely N-dealkylation sites (tertiary alicyclic amines) is 1. The maximum Gasteiger partial charge on any atom is 0.318 e. The number of benzene rings is 2. The molecule has 1 aliphatic heterocycles. The molecule has 5 nitrogen and oxygen atoms in total. The van der Waals surface area contributed by atoms with Crippen molar-refractivity contribution in [2.75, 3.05) is 13.6 Å². The molecule has 1 unspecified atom stereocenters. The van der Waals surface area contributed by atoms with Gasteiger partial charge in [-0.25, -0.2) is 4.79 Å². The Labute approximate surface area is 183 Å². The van der Waals surface area contributed by atoms with Crippen molar-refractivity contribution in [2.24, 2.45) is 0 Å². The number of nitrogens with one attached hydrogen (secondary N) is 1. The second-order valence-corrected chi connectivity index (χ2v) is 8.70. The number of carbonyl (C=O) groups excluding carboxylic acids is 2. The molecule has 4 rings (SSSR count). The van der Waals surface area contributed by atoms with E-state index in [1.807, 2.05) is 30.3 Å². The lowest BCUT2D eigenvalue weighted by Gasteiger charge is -2.32. The van der Waals surface area contributed by atoms with Crippen molar-refractivity contribution in [3.8, 4) is 0 Å². The largest absolute Gasteiger partial charge is 0.340 e. The van der Waals surface area contributed by atoms with Gasteiger partial charge in [-0.2, -0.15) is 0 Å². The van der Waals surface area contributed by atoms with Crippen LogP contribution in [-0.4, -0.2) is 41.4 Å². The molecule has 30 heavy (non-hydrogen) atoms. The molecule has 2 aromatic rings. The van der Waals surface area contributed by atoms with Crippen molar-refractivity contribution in [3.63, 3.8) is 0 Å². The molecule has 2 aromatic carbocycles. The molecular weight excluding hydrogens is 398 g/mol. The van der Waals surface area contributed by atoms with Gasteiger partial charge in [0.25, 0.3) is 0 Å². The van der Waals surface area contributed by atoms with E-state index < -0.39 is 6.04 Å². The minimum atomic E-state index is -0.402. The lowest BCUT2D eigenvalue weighted by molar-refractivity contribution is -0.134. The average molecular weight is 426 g/mol. The fraction of sp³-hybridized carbons (Fsp3) is 0.417. The number of amides is 3. The van der Waals surface area contributed by atoms with Crippen LogP contribution in [0.4, 0.5) is 4.79 Å². The van der Waals surface area contributed by atoms with E-state index in [1.165, 1.54) is 11.1 Å². The molecular formula is C24H28ClN3O2. The SMILES string of the molecule is CN(Cc1ccc(Cl)cc1)C(=O)C1CCCN1C(=O)N[C@H]1CCCc2ccccc21. The summed E-state index contributed by atoms with van der Waals surface area (Å²) < 4.78 is 0. The maximum absolute atomic E-state index is 13.1. The van der Waals surface area contributed by atoms with Gasteiger partial charge in [-0.05, 0) is 60.9 Å². The summed E-state index contributed by atoms with van der Waals surface area (Å²) in [6.45, 7) is 1.11. The number of likely N-dealkylation sites (N-methyl/N-ethyl adjacent to an activating group) is 1. The molecule has 1 saturated heterocycles. The fourth-order valence-electron chi connectivity index (χ4n) is 4.60. The van der Waals surface area contributed by atoms with Crippen LogP contribution in [0.3, 0.4) is 0 Å². The van der Waals surface area contributed by atoms with Gasteiger partial charge in [0, 0.05) is 25.2 Å². The summed E-state index contributed by atoms with van der Waals surface area (Å²) in [6.07, 6.45) is 4.61. The van der Waals surface area contributed by atoms with Crippen LogP contribution in [0.1, 0.15) is 48.4 Å². The number of rotatable bonds is 4. The van der Waals surface area contributed by atoms with Crippen LogP contribution in [0.2, 0.25) is 5.02 Å². The van der Waals surface area contributed by atoms with Gasteiger partial charge in [-0.15, -0.1) is 0 Å². The van der Waals surface area contributed by atoms with Crippen molar-refractivity contribution in [1.82, 2.24) is 15.1 Å². The highest BCUT2D eigenvalue weighted by atomic mass is 35.5. The van der Waals surface area contributed by atoms with Crippen LogP contribution in [0.15, 0.2) is 48.5 Å². The first-order valence-corrected chi connectivity index (χ1v) is 11.0. The normalized spacial score (nSPS) is 20.5. The number of nitrogens with zero attached hydrogens (tertiary/aromatic N) is 2. The van der Waals surface area contributed by atoms with Crippen molar-refractivity contribution >= 4 is 23.5 Å². The Balaban J connectivity index is 1.41. The lowest BCUT2D eigenvalue weighted by atomic mass is 9.88. The summed E-state index contributed by atoms with van der Waals surface area (Å²) in [7, 11) is 1.79. The molecule has 1 N–H and O–H groups in total. The van der Waals surface area contributed by atoms with Crippen molar-refractivity contribution in [2.45, 2.75) is 50.7 Å². The molecule has 1 heterocycles. The topological polar surface area (TPSA) is 52.7 Å². The molecule has 0 spiro atoms. The third-order valence-corrected chi connectivity index (χ3v) is 6.43. The highest BCUT2D eigenvalue weighted by Gasteiger charge is 2.36. The Morgan fingerprint density at radius 2 is 1.87 bits per heavy atom. The zero-order valence-corrected chi connectivity index (χ0v) is 18.1. The van der Waals surface area contributed by atoms with Crippen LogP contribution in [-0.2, 0) is 17.8 Å². The van der Waals surface area contributed by atoms with Crippen molar-refractivity contribution in [1.29, 1.82) is 0 Å². The molecule has 1 fully saturated rings. The molecule has 2 aliphatic rings. The third-order valence-electron chi connectivity index (χ3n) is 6.18. The number of urea groups is 1. The maximum atomic E-state index is 13.1. The van der Waals surface area contributed by atoms with Gasteiger partial charge in [0.05, 0.1) is 6.04 Å². The molecule has 0 radical (unpaired) electrons. The van der Waals surface area contributed by atoms with Crippen LogP contribution < -0.4 is 5.32 Å². The fourth-order valence-corrected chi connectivity index (χ4v) is 4.72. The number of aryl methyl sites for hydroxylation is 1. The zero-order chi connectivity index (χ0) is 21.1. The number of fused-ring (bicyclic) bond motifs is 1. The van der Waals surface area contributed by atoms with Crippen LogP contribution in [0, 0.1) is 0 Å². The summed E-state index contributed by atoms with van der Waals surface area (Å²) in [4.78, 5) is 29.6.